The first-order chi connectivity index (χ1) is 7.70. The maximum Gasteiger partial charge on any atom is 0.0558 e. The van der Waals surface area contributed by atoms with Crippen molar-refractivity contribution in [3.8, 4) is 0 Å². The standard InChI is InChI=1S/C13H18BrNO/c1-10-8-12(14)3-2-11(10)9-15(6-7-16)13-4-5-13/h2-3,8,13,16H,4-7,9H2,1H3. The molecule has 1 N–H and O–H groups in total. The van der Waals surface area contributed by atoms with E-state index in [0.717, 1.165) is 17.6 Å². The zero-order chi connectivity index (χ0) is 11.5. The van der Waals surface area contributed by atoms with E-state index in [1.165, 1.54) is 24.0 Å². The molecule has 1 aliphatic carbocycles. The van der Waals surface area contributed by atoms with E-state index in [1.807, 2.05) is 0 Å². The van der Waals surface area contributed by atoms with E-state index >= 15 is 0 Å². The highest BCUT2D eigenvalue weighted by Gasteiger charge is 2.28. The van der Waals surface area contributed by atoms with Crippen molar-refractivity contribution in [1.82, 2.24) is 4.90 Å². The van der Waals surface area contributed by atoms with Crippen LogP contribution in [0.5, 0.6) is 0 Å². The molecule has 0 saturated heterocycles. The molecule has 0 aliphatic heterocycles. The molecule has 2 rings (SSSR count). The second-order valence-electron chi connectivity index (χ2n) is 4.50. The molecule has 0 unspecified atom stereocenters. The highest BCUT2D eigenvalue weighted by Crippen LogP contribution is 2.28. The summed E-state index contributed by atoms with van der Waals surface area (Å²) < 4.78 is 1.13. The Bertz CT molecular complexity index is 363. The summed E-state index contributed by atoms with van der Waals surface area (Å²) in [5, 5.41) is 9.06. The molecule has 0 bridgehead atoms. The summed E-state index contributed by atoms with van der Waals surface area (Å²) in [6.45, 7) is 4.15. The zero-order valence-electron chi connectivity index (χ0n) is 9.62. The largest absolute Gasteiger partial charge is 0.395 e. The number of aliphatic hydroxyl groups is 1. The van der Waals surface area contributed by atoms with Crippen LogP contribution >= 0.6 is 15.9 Å². The number of rotatable bonds is 5. The molecule has 16 heavy (non-hydrogen) atoms. The van der Waals surface area contributed by atoms with Gasteiger partial charge in [0.25, 0.3) is 0 Å². The third-order valence-electron chi connectivity index (χ3n) is 3.13. The highest BCUT2D eigenvalue weighted by molar-refractivity contribution is 9.10. The number of hydrogen-bond acceptors (Lipinski definition) is 2. The predicted octanol–water partition coefficient (Wildman–Crippen LogP) is 2.71. The van der Waals surface area contributed by atoms with Crippen LogP contribution in [0.4, 0.5) is 0 Å². The van der Waals surface area contributed by atoms with Gasteiger partial charge in [0.05, 0.1) is 6.61 Å². The van der Waals surface area contributed by atoms with Crippen LogP contribution in [0.25, 0.3) is 0 Å². The van der Waals surface area contributed by atoms with Crippen LogP contribution in [0.2, 0.25) is 0 Å². The molecule has 0 heterocycles. The summed E-state index contributed by atoms with van der Waals surface area (Å²) in [5.41, 5.74) is 2.68. The topological polar surface area (TPSA) is 23.5 Å². The van der Waals surface area contributed by atoms with E-state index in [9.17, 15) is 0 Å². The minimum absolute atomic E-state index is 0.256. The van der Waals surface area contributed by atoms with Crippen molar-refractivity contribution in [3.05, 3.63) is 33.8 Å². The van der Waals surface area contributed by atoms with Gasteiger partial charge >= 0.3 is 0 Å². The lowest BCUT2D eigenvalue weighted by Gasteiger charge is -2.21. The summed E-state index contributed by atoms with van der Waals surface area (Å²) in [5.74, 6) is 0. The molecular formula is C13H18BrNO. The van der Waals surface area contributed by atoms with Gasteiger partial charge in [-0.05, 0) is 43.0 Å². The van der Waals surface area contributed by atoms with Gasteiger partial charge in [0.15, 0.2) is 0 Å². The van der Waals surface area contributed by atoms with Gasteiger partial charge in [0, 0.05) is 23.6 Å². The summed E-state index contributed by atoms with van der Waals surface area (Å²) in [6.07, 6.45) is 2.57. The molecule has 2 nitrogen and oxygen atoms in total. The van der Waals surface area contributed by atoms with Gasteiger partial charge in [-0.1, -0.05) is 22.0 Å². The van der Waals surface area contributed by atoms with Crippen molar-refractivity contribution in [2.24, 2.45) is 0 Å². The van der Waals surface area contributed by atoms with E-state index in [0.29, 0.717) is 6.04 Å². The van der Waals surface area contributed by atoms with Crippen LogP contribution in [0.1, 0.15) is 24.0 Å². The van der Waals surface area contributed by atoms with Crippen molar-refractivity contribution < 1.29 is 5.11 Å². The van der Waals surface area contributed by atoms with E-state index < -0.39 is 0 Å². The fourth-order valence-corrected chi connectivity index (χ4v) is 2.49. The average molecular weight is 284 g/mol. The molecule has 0 radical (unpaired) electrons. The first-order valence-electron chi connectivity index (χ1n) is 5.80. The number of aryl methyl sites for hydroxylation is 1. The molecule has 1 fully saturated rings. The molecule has 3 heteroatoms. The number of hydrogen-bond donors (Lipinski definition) is 1. The Morgan fingerprint density at radius 1 is 1.44 bits per heavy atom. The van der Waals surface area contributed by atoms with Gasteiger partial charge in [-0.2, -0.15) is 0 Å². The number of benzene rings is 1. The second kappa shape index (κ2) is 5.30. The first kappa shape index (κ1) is 12.1. The van der Waals surface area contributed by atoms with Crippen molar-refractivity contribution in [3.63, 3.8) is 0 Å². The van der Waals surface area contributed by atoms with Crippen LogP contribution in [-0.4, -0.2) is 29.2 Å². The van der Waals surface area contributed by atoms with Crippen molar-refractivity contribution in [2.75, 3.05) is 13.2 Å². The summed E-state index contributed by atoms with van der Waals surface area (Å²) >= 11 is 3.48. The first-order valence-corrected chi connectivity index (χ1v) is 6.60. The fourth-order valence-electron chi connectivity index (χ4n) is 2.01. The minimum atomic E-state index is 0.256. The molecule has 0 aromatic heterocycles. The third-order valence-corrected chi connectivity index (χ3v) is 3.62. The van der Waals surface area contributed by atoms with Gasteiger partial charge in [-0.25, -0.2) is 0 Å². The van der Waals surface area contributed by atoms with Crippen molar-refractivity contribution >= 4 is 15.9 Å². The second-order valence-corrected chi connectivity index (χ2v) is 5.41. The smallest absolute Gasteiger partial charge is 0.0558 e. The highest BCUT2D eigenvalue weighted by atomic mass is 79.9. The van der Waals surface area contributed by atoms with Gasteiger partial charge in [-0.3, -0.25) is 4.90 Å². The Balaban J connectivity index is 2.05. The Kier molecular flexibility index (Phi) is 4.00. The fraction of sp³-hybridized carbons (Fsp3) is 0.538. The van der Waals surface area contributed by atoms with E-state index in [1.54, 1.807) is 0 Å². The molecular weight excluding hydrogens is 266 g/mol. The lowest BCUT2D eigenvalue weighted by atomic mass is 10.1. The summed E-state index contributed by atoms with van der Waals surface area (Å²) in [7, 11) is 0. The Labute approximate surface area is 105 Å². The normalized spacial score (nSPS) is 15.8. The van der Waals surface area contributed by atoms with Gasteiger partial charge in [0.1, 0.15) is 0 Å². The van der Waals surface area contributed by atoms with Crippen LogP contribution < -0.4 is 0 Å². The van der Waals surface area contributed by atoms with Crippen LogP contribution in [0.3, 0.4) is 0 Å². The molecule has 1 aliphatic rings. The Morgan fingerprint density at radius 2 is 2.19 bits per heavy atom. The van der Waals surface area contributed by atoms with Crippen molar-refractivity contribution in [1.29, 1.82) is 0 Å². The van der Waals surface area contributed by atoms with Crippen molar-refractivity contribution in [2.45, 2.75) is 32.4 Å². The Hall–Kier alpha value is -0.380. The average Bonchev–Trinajstić information content (AvgIpc) is 3.04. The van der Waals surface area contributed by atoms with E-state index in [4.69, 9.17) is 5.11 Å². The SMILES string of the molecule is Cc1cc(Br)ccc1CN(CCO)C1CC1. The minimum Gasteiger partial charge on any atom is -0.395 e. The molecule has 0 spiro atoms. The quantitative estimate of drug-likeness (QED) is 0.898. The van der Waals surface area contributed by atoms with E-state index in [2.05, 4.69) is 46.0 Å². The van der Waals surface area contributed by atoms with Crippen LogP contribution in [0, 0.1) is 6.92 Å². The number of halogens is 1. The Morgan fingerprint density at radius 3 is 2.75 bits per heavy atom. The monoisotopic (exact) mass is 283 g/mol. The number of aliphatic hydroxyl groups excluding tert-OH is 1. The molecule has 1 saturated carbocycles. The van der Waals surface area contributed by atoms with Gasteiger partial charge in [-0.15, -0.1) is 0 Å². The summed E-state index contributed by atoms with van der Waals surface area (Å²) in [6, 6.07) is 7.12. The molecule has 1 aromatic carbocycles. The molecule has 0 atom stereocenters. The number of nitrogens with zero attached hydrogens (tertiary/aromatic N) is 1. The third kappa shape index (κ3) is 3.06. The molecule has 0 amide bonds. The molecule has 1 aromatic rings. The lowest BCUT2D eigenvalue weighted by Crippen LogP contribution is -2.28. The predicted molar refractivity (Wildman–Crippen MR) is 69.4 cm³/mol. The van der Waals surface area contributed by atoms with E-state index in [-0.39, 0.29) is 6.61 Å². The lowest BCUT2D eigenvalue weighted by molar-refractivity contribution is 0.183. The van der Waals surface area contributed by atoms with Gasteiger partial charge < -0.3 is 5.11 Å². The van der Waals surface area contributed by atoms with Crippen LogP contribution in [0.15, 0.2) is 22.7 Å². The van der Waals surface area contributed by atoms with Gasteiger partial charge in [0.2, 0.25) is 0 Å². The van der Waals surface area contributed by atoms with Crippen LogP contribution in [-0.2, 0) is 6.54 Å². The molecule has 88 valence electrons. The summed E-state index contributed by atoms with van der Waals surface area (Å²) in [4.78, 5) is 2.39. The maximum absolute atomic E-state index is 9.06. The maximum atomic E-state index is 9.06. The zero-order valence-corrected chi connectivity index (χ0v) is 11.2.